The third-order valence-corrected chi connectivity index (χ3v) is 7.21. The second-order valence-corrected chi connectivity index (χ2v) is 11.8. The van der Waals surface area contributed by atoms with Crippen molar-refractivity contribution in [2.24, 2.45) is 11.1 Å². The Hall–Kier alpha value is 0.108. The number of nitrogens with two attached hydrogens (primary N) is 1. The number of unbranched alkanes of at least 4 members (excludes halogenated alkanes) is 8. The van der Waals surface area contributed by atoms with Crippen LogP contribution in [0, 0.1) is 5.41 Å². The molecule has 0 spiro atoms. The van der Waals surface area contributed by atoms with E-state index in [0.717, 1.165) is 38.9 Å². The molecule has 12 heteroatoms. The zero-order valence-corrected chi connectivity index (χ0v) is 28.8. The van der Waals surface area contributed by atoms with Gasteiger partial charge in [0.25, 0.3) is 7.82 Å². The number of aliphatic carboxylic acids is 1. The fraction of sp³-hybridized carbons (Fsp3) is 0.964. The molecule has 0 radical (unpaired) electrons. The maximum absolute atomic E-state index is 11.8. The van der Waals surface area contributed by atoms with E-state index in [2.05, 4.69) is 25.7 Å². The summed E-state index contributed by atoms with van der Waals surface area (Å²) in [7, 11) is -4.89. The summed E-state index contributed by atoms with van der Waals surface area (Å²) in [5.41, 5.74) is 4.57. The SMILES string of the molecule is CCCCCCN(CCCCCC)CCC(CO)(CCCCC)C(=O)[O-].N.NC1CCCCC1.O=P([O-])(O)O.[Pt+2]. The average Bonchev–Trinajstić information content (AvgIpc) is 2.85. The number of aliphatic hydroxyl groups excluding tert-OH is 1. The molecule has 0 aliphatic heterocycles. The Kier molecular flexibility index (Phi) is 35.9. The maximum Gasteiger partial charge on any atom is 2.00 e. The number of carboxylic acid groups (broad SMARTS) is 1. The van der Waals surface area contributed by atoms with Crippen molar-refractivity contribution >= 4 is 13.8 Å². The van der Waals surface area contributed by atoms with E-state index in [4.69, 9.17) is 25.0 Å². The standard InChI is InChI=1S/C22H45NO3.C6H13N.H3N.H3O4P.Pt/c1-4-7-10-13-17-23(18-14-11-8-5-2)19-16-22(20-24,21(25)26)15-12-9-6-3;7-6-4-2-1-3-5-6;;1-5(2,3)4;/h24H,4-20H2,1-3H3,(H,25,26);6H,1-5,7H2;1H3;(H3,1,2,3,4);/q;;;;+2/p-2. The number of aliphatic hydroxyl groups is 1. The molecule has 0 saturated heterocycles. The van der Waals surface area contributed by atoms with Crippen molar-refractivity contribution in [2.45, 2.75) is 142 Å². The predicted molar refractivity (Wildman–Crippen MR) is 156 cm³/mol. The van der Waals surface area contributed by atoms with Gasteiger partial charge >= 0.3 is 21.1 Å². The van der Waals surface area contributed by atoms with Crippen LogP contribution in [0.2, 0.25) is 0 Å². The van der Waals surface area contributed by atoms with Crippen molar-refractivity contribution < 1.29 is 55.3 Å². The van der Waals surface area contributed by atoms with E-state index in [9.17, 15) is 15.0 Å². The van der Waals surface area contributed by atoms with Gasteiger partial charge in [-0.05, 0) is 58.2 Å². The second-order valence-electron chi connectivity index (χ2n) is 10.8. The van der Waals surface area contributed by atoms with Crippen molar-refractivity contribution in [1.82, 2.24) is 11.1 Å². The molecule has 1 unspecified atom stereocenters. The van der Waals surface area contributed by atoms with Crippen molar-refractivity contribution in [1.29, 1.82) is 0 Å². The smallest absolute Gasteiger partial charge is 0.756 e. The third-order valence-electron chi connectivity index (χ3n) is 7.21. The molecule has 1 rings (SSSR count). The van der Waals surface area contributed by atoms with Crippen LogP contribution in [-0.2, 0) is 30.4 Å². The number of hydrogen-bond donors (Lipinski definition) is 5. The summed E-state index contributed by atoms with van der Waals surface area (Å²) in [6.07, 6.45) is 20.4. The first-order valence-electron chi connectivity index (χ1n) is 15.0. The molecule has 1 saturated carbocycles. The molecule has 1 aliphatic rings. The minimum atomic E-state index is -4.89. The van der Waals surface area contributed by atoms with Crippen molar-refractivity contribution in [2.75, 3.05) is 26.2 Å². The van der Waals surface area contributed by atoms with Crippen LogP contribution >= 0.6 is 7.82 Å². The van der Waals surface area contributed by atoms with Gasteiger partial charge in [0.15, 0.2) is 0 Å². The normalized spacial score (nSPS) is 14.9. The molecular weight excluding hydrogens is 716 g/mol. The zero-order valence-electron chi connectivity index (χ0n) is 25.6. The summed E-state index contributed by atoms with van der Waals surface area (Å²) in [5.74, 6) is -1.08. The van der Waals surface area contributed by atoms with Crippen LogP contribution in [0.4, 0.5) is 0 Å². The Morgan fingerprint density at radius 3 is 1.60 bits per heavy atom. The van der Waals surface area contributed by atoms with E-state index in [-0.39, 0.29) is 33.8 Å². The number of hydrogen-bond acceptors (Lipinski definition) is 8. The second kappa shape index (κ2) is 30.6. The van der Waals surface area contributed by atoms with E-state index in [1.165, 1.54) is 83.5 Å². The molecule has 1 aliphatic carbocycles. The third kappa shape index (κ3) is 31.1. The number of rotatable bonds is 19. The van der Waals surface area contributed by atoms with E-state index < -0.39 is 19.2 Å². The number of carbonyl (C=O) groups is 1. The van der Waals surface area contributed by atoms with Crippen LogP contribution in [0.15, 0.2) is 0 Å². The number of carboxylic acids is 1. The summed E-state index contributed by atoms with van der Waals surface area (Å²) in [6.45, 7) is 9.05. The Balaban J connectivity index is -0.000000380. The average molecular weight is 779 g/mol. The van der Waals surface area contributed by atoms with Gasteiger partial charge in [0, 0.05) is 17.4 Å². The monoisotopic (exact) mass is 778 g/mol. The van der Waals surface area contributed by atoms with Gasteiger partial charge in [0.05, 0.1) is 6.61 Å². The maximum atomic E-state index is 11.8. The first-order chi connectivity index (χ1) is 18.0. The molecule has 1 atom stereocenters. The summed E-state index contributed by atoms with van der Waals surface area (Å²) in [5, 5.41) is 21.6. The van der Waals surface area contributed by atoms with Gasteiger partial charge in [-0.25, -0.2) is 0 Å². The Morgan fingerprint density at radius 1 is 0.850 bits per heavy atom. The zero-order chi connectivity index (χ0) is 29.3. The minimum absolute atomic E-state index is 0. The summed E-state index contributed by atoms with van der Waals surface area (Å²) < 4.78 is 8.77. The van der Waals surface area contributed by atoms with Gasteiger partial charge in [-0.2, -0.15) is 0 Å². The number of phosphoric acid groups is 1. The van der Waals surface area contributed by atoms with Crippen molar-refractivity contribution in [3.8, 4) is 0 Å². The van der Waals surface area contributed by atoms with Crippen LogP contribution in [-0.4, -0.2) is 58.0 Å². The predicted octanol–water partition coefficient (Wildman–Crippen LogP) is 4.02. The summed E-state index contributed by atoms with van der Waals surface area (Å²) >= 11 is 0. The molecule has 0 heterocycles. The Morgan fingerprint density at radius 2 is 1.27 bits per heavy atom. The molecular formula is C28H62N3O7PPt. The molecule has 0 aromatic carbocycles. The fourth-order valence-corrected chi connectivity index (χ4v) is 4.63. The Labute approximate surface area is 259 Å². The molecule has 246 valence electrons. The van der Waals surface area contributed by atoms with E-state index in [0.29, 0.717) is 18.9 Å². The van der Waals surface area contributed by atoms with Crippen LogP contribution in [0.1, 0.15) is 136 Å². The molecule has 40 heavy (non-hydrogen) atoms. The van der Waals surface area contributed by atoms with E-state index in [1.54, 1.807) is 0 Å². The molecule has 0 aromatic heterocycles. The molecule has 0 amide bonds. The van der Waals surface area contributed by atoms with Gasteiger partial charge in [-0.3, -0.25) is 4.57 Å². The molecule has 1 fully saturated rings. The quantitative estimate of drug-likeness (QED) is 0.0941. The van der Waals surface area contributed by atoms with Crippen LogP contribution in [0.5, 0.6) is 0 Å². The topological polar surface area (TPSA) is 205 Å². The minimum Gasteiger partial charge on any atom is -0.756 e. The molecule has 10 nitrogen and oxygen atoms in total. The van der Waals surface area contributed by atoms with Crippen molar-refractivity contribution in [3.05, 3.63) is 0 Å². The van der Waals surface area contributed by atoms with E-state index >= 15 is 0 Å². The molecule has 0 aromatic rings. The summed E-state index contributed by atoms with van der Waals surface area (Å²) in [6, 6.07) is 0.536. The van der Waals surface area contributed by atoms with Gasteiger partial charge < -0.3 is 46.5 Å². The molecule has 8 N–H and O–H groups in total. The Bertz CT molecular complexity index is 576. The van der Waals surface area contributed by atoms with Crippen LogP contribution < -0.4 is 21.9 Å². The first kappa shape index (κ1) is 47.0. The van der Waals surface area contributed by atoms with Crippen LogP contribution in [0.25, 0.3) is 0 Å². The summed E-state index contributed by atoms with van der Waals surface area (Å²) in [4.78, 5) is 37.1. The number of carbonyl (C=O) groups excluding carboxylic acids is 1. The van der Waals surface area contributed by atoms with Gasteiger partial charge in [0.1, 0.15) is 0 Å². The van der Waals surface area contributed by atoms with Crippen molar-refractivity contribution in [3.63, 3.8) is 0 Å². The first-order valence-corrected chi connectivity index (χ1v) is 16.6. The van der Waals surface area contributed by atoms with Gasteiger partial charge in [-0.1, -0.05) is 97.8 Å². The van der Waals surface area contributed by atoms with Gasteiger partial charge in [-0.15, -0.1) is 0 Å². The fourth-order valence-electron chi connectivity index (χ4n) is 4.63. The van der Waals surface area contributed by atoms with E-state index in [1.807, 2.05) is 0 Å². The molecule has 0 bridgehead atoms. The number of nitrogens with zero attached hydrogens (tertiary/aromatic N) is 1. The van der Waals surface area contributed by atoms with Gasteiger partial charge in [0.2, 0.25) is 0 Å². The largest absolute Gasteiger partial charge is 2.00 e. The van der Waals surface area contributed by atoms with Crippen LogP contribution in [0.3, 0.4) is 0 Å².